The number of rotatable bonds is 16. The Kier molecular flexibility index (Phi) is 13.5. The van der Waals surface area contributed by atoms with Gasteiger partial charge in [-0.25, -0.2) is 0 Å². The van der Waals surface area contributed by atoms with E-state index in [0.717, 1.165) is 19.8 Å². The number of hydrogen-bond acceptors (Lipinski definition) is 7. The minimum Gasteiger partial charge on any atom is -0.481 e. The molecule has 4 amide bonds. The molecule has 0 aromatic heterocycles. The molecule has 6 N–H and O–H groups in total. The Balaban J connectivity index is 5.59. The van der Waals surface area contributed by atoms with E-state index in [4.69, 9.17) is 15.3 Å². The monoisotopic (exact) mass is 488 g/mol. The fourth-order valence-corrected chi connectivity index (χ4v) is 2.91. The minimum atomic E-state index is -1.77. The Hall–Kier alpha value is -3.71. The van der Waals surface area contributed by atoms with Crippen molar-refractivity contribution in [2.24, 2.45) is 0 Å². The van der Waals surface area contributed by atoms with Crippen molar-refractivity contribution in [3.63, 3.8) is 0 Å². The second-order valence-corrected chi connectivity index (χ2v) is 7.64. The average Bonchev–Trinajstić information content (AvgIpc) is 2.70. The highest BCUT2D eigenvalue weighted by atomic mass is 16.4. The molecule has 0 saturated heterocycles. The third kappa shape index (κ3) is 12.4. The lowest BCUT2D eigenvalue weighted by atomic mass is 10.1. The SMILES string of the molecule is CCCCCN(C)C(=O)C(CC(=O)O)NC(=O)C(CC(=O)O)NC(=O)C(CC(=O)O)NC(C)=O. The van der Waals surface area contributed by atoms with Crippen molar-refractivity contribution in [2.75, 3.05) is 13.6 Å². The fourth-order valence-electron chi connectivity index (χ4n) is 2.91. The molecule has 34 heavy (non-hydrogen) atoms. The van der Waals surface area contributed by atoms with Gasteiger partial charge in [0.05, 0.1) is 19.3 Å². The van der Waals surface area contributed by atoms with Crippen molar-refractivity contribution in [2.45, 2.75) is 70.5 Å². The summed E-state index contributed by atoms with van der Waals surface area (Å²) in [6.07, 6.45) is -0.211. The molecule has 0 rings (SSSR count). The standard InChI is InChI=1S/C20H32N4O10/c1-4-5-6-7-24(3)20(34)14(10-17(30)31)23-19(33)13(9-16(28)29)22-18(32)12(8-15(26)27)21-11(2)25/h12-14H,4-10H2,1-3H3,(H,21,25)(H,22,32)(H,23,33)(H,26,27)(H,28,29)(H,30,31). The van der Waals surface area contributed by atoms with Crippen LogP contribution >= 0.6 is 0 Å². The van der Waals surface area contributed by atoms with E-state index in [9.17, 15) is 33.6 Å². The quantitative estimate of drug-likeness (QED) is 0.138. The number of amides is 4. The van der Waals surface area contributed by atoms with Gasteiger partial charge in [0.25, 0.3) is 0 Å². The van der Waals surface area contributed by atoms with Gasteiger partial charge in [-0.3, -0.25) is 33.6 Å². The van der Waals surface area contributed by atoms with E-state index in [1.807, 2.05) is 12.2 Å². The zero-order chi connectivity index (χ0) is 26.4. The van der Waals surface area contributed by atoms with Gasteiger partial charge in [-0.15, -0.1) is 0 Å². The predicted octanol–water partition coefficient (Wildman–Crippen LogP) is -1.47. The van der Waals surface area contributed by atoms with Gasteiger partial charge >= 0.3 is 17.9 Å². The molecule has 0 aliphatic carbocycles. The molecule has 14 heteroatoms. The summed E-state index contributed by atoms with van der Waals surface area (Å²) in [6.45, 7) is 3.29. The zero-order valence-corrected chi connectivity index (χ0v) is 19.3. The smallest absolute Gasteiger partial charge is 0.305 e. The molecule has 192 valence electrons. The van der Waals surface area contributed by atoms with Crippen LogP contribution in [-0.4, -0.2) is 93.5 Å². The largest absolute Gasteiger partial charge is 0.481 e. The molecule has 0 radical (unpaired) electrons. The molecule has 0 heterocycles. The average molecular weight is 488 g/mol. The molecule has 3 atom stereocenters. The molecule has 0 spiro atoms. The van der Waals surface area contributed by atoms with Crippen LogP contribution in [0.2, 0.25) is 0 Å². The highest BCUT2D eigenvalue weighted by molar-refractivity contribution is 5.97. The van der Waals surface area contributed by atoms with Gasteiger partial charge in [-0.05, 0) is 6.42 Å². The molecular weight excluding hydrogens is 456 g/mol. The van der Waals surface area contributed by atoms with Crippen molar-refractivity contribution in [1.29, 1.82) is 0 Å². The molecule has 0 saturated carbocycles. The van der Waals surface area contributed by atoms with Crippen LogP contribution in [0.25, 0.3) is 0 Å². The molecule has 0 aliphatic heterocycles. The van der Waals surface area contributed by atoms with Crippen LogP contribution in [0, 0.1) is 0 Å². The van der Waals surface area contributed by atoms with Crippen molar-refractivity contribution in [3.8, 4) is 0 Å². The van der Waals surface area contributed by atoms with Crippen LogP contribution in [-0.2, 0) is 33.6 Å². The zero-order valence-electron chi connectivity index (χ0n) is 19.3. The Morgan fingerprint density at radius 1 is 0.706 bits per heavy atom. The Labute approximate surface area is 196 Å². The van der Waals surface area contributed by atoms with Crippen LogP contribution in [0.1, 0.15) is 52.4 Å². The van der Waals surface area contributed by atoms with Crippen molar-refractivity contribution in [3.05, 3.63) is 0 Å². The van der Waals surface area contributed by atoms with Crippen LogP contribution in [0.5, 0.6) is 0 Å². The Morgan fingerprint density at radius 2 is 1.12 bits per heavy atom. The molecular formula is C20H32N4O10. The maximum atomic E-state index is 12.7. The first-order valence-corrected chi connectivity index (χ1v) is 10.6. The normalized spacial score (nSPS) is 13.0. The van der Waals surface area contributed by atoms with Crippen LogP contribution in [0.3, 0.4) is 0 Å². The van der Waals surface area contributed by atoms with Crippen LogP contribution < -0.4 is 16.0 Å². The van der Waals surface area contributed by atoms with Crippen molar-refractivity contribution >= 4 is 41.5 Å². The highest BCUT2D eigenvalue weighted by Gasteiger charge is 2.33. The third-order valence-electron chi connectivity index (χ3n) is 4.55. The van der Waals surface area contributed by atoms with E-state index in [2.05, 4.69) is 10.6 Å². The molecule has 0 aliphatic rings. The van der Waals surface area contributed by atoms with Gasteiger partial charge in [0.15, 0.2) is 0 Å². The van der Waals surface area contributed by atoms with Crippen molar-refractivity contribution < 1.29 is 48.9 Å². The summed E-state index contributed by atoms with van der Waals surface area (Å²) in [5, 5.41) is 33.5. The first-order chi connectivity index (χ1) is 15.8. The van der Waals surface area contributed by atoms with Crippen molar-refractivity contribution in [1.82, 2.24) is 20.9 Å². The summed E-state index contributed by atoms with van der Waals surface area (Å²) >= 11 is 0. The van der Waals surface area contributed by atoms with Crippen LogP contribution in [0.15, 0.2) is 0 Å². The predicted molar refractivity (Wildman–Crippen MR) is 115 cm³/mol. The highest BCUT2D eigenvalue weighted by Crippen LogP contribution is 2.05. The molecule has 0 aromatic carbocycles. The molecule has 3 unspecified atom stereocenters. The van der Waals surface area contributed by atoms with Crippen LogP contribution in [0.4, 0.5) is 0 Å². The van der Waals surface area contributed by atoms with Gasteiger partial charge in [-0.1, -0.05) is 19.8 Å². The maximum Gasteiger partial charge on any atom is 0.305 e. The summed E-state index contributed by atoms with van der Waals surface area (Å²) in [5.41, 5.74) is 0. The number of carboxylic acid groups (broad SMARTS) is 3. The second kappa shape index (κ2) is 15.2. The van der Waals surface area contributed by atoms with E-state index in [0.29, 0.717) is 13.0 Å². The number of aliphatic carboxylic acids is 3. The number of nitrogens with zero attached hydrogens (tertiary/aromatic N) is 1. The number of carboxylic acids is 3. The second-order valence-electron chi connectivity index (χ2n) is 7.64. The molecule has 0 aromatic rings. The van der Waals surface area contributed by atoms with Gasteiger partial charge in [0, 0.05) is 20.5 Å². The lowest BCUT2D eigenvalue weighted by Gasteiger charge is -2.26. The van der Waals surface area contributed by atoms with Gasteiger partial charge in [0.2, 0.25) is 23.6 Å². The first-order valence-electron chi connectivity index (χ1n) is 10.6. The maximum absolute atomic E-state index is 12.7. The fraction of sp³-hybridized carbons (Fsp3) is 0.650. The van der Waals surface area contributed by atoms with Gasteiger partial charge in [-0.2, -0.15) is 0 Å². The van der Waals surface area contributed by atoms with Gasteiger partial charge < -0.3 is 36.2 Å². The Morgan fingerprint density at radius 3 is 1.53 bits per heavy atom. The first kappa shape index (κ1) is 30.3. The minimum absolute atomic E-state index is 0.307. The number of nitrogens with one attached hydrogen (secondary N) is 3. The number of likely N-dealkylation sites (N-methyl/N-ethyl adjacent to an activating group) is 1. The summed E-state index contributed by atoms with van der Waals surface area (Å²) < 4.78 is 0. The van der Waals surface area contributed by atoms with E-state index >= 15 is 0 Å². The Bertz CT molecular complexity index is 769. The number of unbranched alkanes of at least 4 members (excludes halogenated alkanes) is 2. The third-order valence-corrected chi connectivity index (χ3v) is 4.55. The summed E-state index contributed by atoms with van der Waals surface area (Å²) in [5.74, 6) is -8.09. The summed E-state index contributed by atoms with van der Waals surface area (Å²) in [6, 6.07) is -4.90. The van der Waals surface area contributed by atoms with Gasteiger partial charge in [0.1, 0.15) is 18.1 Å². The molecule has 0 fully saturated rings. The number of hydrogen-bond donors (Lipinski definition) is 6. The number of carbonyl (C=O) groups excluding carboxylic acids is 4. The van der Waals surface area contributed by atoms with E-state index < -0.39 is 78.9 Å². The molecule has 0 bridgehead atoms. The number of carbonyl (C=O) groups is 7. The lowest BCUT2D eigenvalue weighted by molar-refractivity contribution is -0.145. The van der Waals surface area contributed by atoms with E-state index in [-0.39, 0.29) is 0 Å². The lowest BCUT2D eigenvalue weighted by Crippen LogP contribution is -2.57. The topological polar surface area (TPSA) is 220 Å². The summed E-state index contributed by atoms with van der Waals surface area (Å²) in [4.78, 5) is 83.7. The van der Waals surface area contributed by atoms with E-state index in [1.165, 1.54) is 11.9 Å². The summed E-state index contributed by atoms with van der Waals surface area (Å²) in [7, 11) is 1.43. The molecule has 14 nitrogen and oxygen atoms in total. The van der Waals surface area contributed by atoms with E-state index in [1.54, 1.807) is 0 Å².